The molecule has 1 nitrogen and oxygen atoms in total. The van der Waals surface area contributed by atoms with Gasteiger partial charge in [0.05, 0.1) is 5.56 Å². The third kappa shape index (κ3) is 2.69. The van der Waals surface area contributed by atoms with Crippen molar-refractivity contribution in [1.82, 2.24) is 4.90 Å². The molecule has 0 amide bonds. The molecule has 1 atom stereocenters. The molecule has 0 aliphatic carbocycles. The summed E-state index contributed by atoms with van der Waals surface area (Å²) >= 11 is 0. The molecule has 1 aliphatic heterocycles. The summed E-state index contributed by atoms with van der Waals surface area (Å²) in [6.45, 7) is 3.77. The normalized spacial score (nSPS) is 19.1. The molecule has 1 unspecified atom stereocenters. The van der Waals surface area contributed by atoms with Gasteiger partial charge in [-0.25, -0.2) is 0 Å². The van der Waals surface area contributed by atoms with Gasteiger partial charge < -0.3 is 0 Å². The topological polar surface area (TPSA) is 3.24 Å². The zero-order chi connectivity index (χ0) is 13.2. The van der Waals surface area contributed by atoms with Crippen LogP contribution in [0.15, 0.2) is 24.3 Å². The van der Waals surface area contributed by atoms with Gasteiger partial charge in [0.1, 0.15) is 0 Å². The molecule has 1 aliphatic rings. The van der Waals surface area contributed by atoms with E-state index in [1.807, 2.05) is 6.92 Å². The van der Waals surface area contributed by atoms with E-state index in [0.29, 0.717) is 12.0 Å². The molecule has 0 saturated carbocycles. The lowest BCUT2D eigenvalue weighted by molar-refractivity contribution is -0.138. The molecule has 18 heavy (non-hydrogen) atoms. The third-order valence-electron chi connectivity index (χ3n) is 3.59. The lowest BCUT2D eigenvalue weighted by Crippen LogP contribution is -2.27. The van der Waals surface area contributed by atoms with Crippen LogP contribution in [0.5, 0.6) is 0 Å². The Balaban J connectivity index is 2.35. The number of rotatable bonds is 3. The highest BCUT2D eigenvalue weighted by molar-refractivity contribution is 5.32. The number of likely N-dealkylation sites (tertiary alicyclic amines) is 1. The Morgan fingerprint density at radius 2 is 1.78 bits per heavy atom. The molecule has 1 aromatic rings. The second-order valence-corrected chi connectivity index (χ2v) is 4.75. The third-order valence-corrected chi connectivity index (χ3v) is 3.59. The van der Waals surface area contributed by atoms with E-state index in [0.717, 1.165) is 25.9 Å². The number of benzene rings is 1. The van der Waals surface area contributed by atoms with E-state index in [1.54, 1.807) is 12.1 Å². The molecule has 0 spiro atoms. The first-order valence-electron chi connectivity index (χ1n) is 6.44. The molecule has 1 aromatic carbocycles. The fourth-order valence-corrected chi connectivity index (χ4v) is 2.77. The van der Waals surface area contributed by atoms with Crippen molar-refractivity contribution in [2.45, 2.75) is 38.4 Å². The molecule has 0 radical (unpaired) electrons. The molecular formula is C14H18F3N. The van der Waals surface area contributed by atoms with Crippen LogP contribution in [-0.2, 0) is 6.18 Å². The summed E-state index contributed by atoms with van der Waals surface area (Å²) in [5.74, 6) is 0. The minimum Gasteiger partial charge on any atom is -0.296 e. The van der Waals surface area contributed by atoms with Crippen LogP contribution in [0.4, 0.5) is 13.2 Å². The Morgan fingerprint density at radius 1 is 1.17 bits per heavy atom. The van der Waals surface area contributed by atoms with Gasteiger partial charge in [-0.05, 0) is 44.0 Å². The largest absolute Gasteiger partial charge is 0.416 e. The van der Waals surface area contributed by atoms with Gasteiger partial charge in [-0.3, -0.25) is 4.90 Å². The van der Waals surface area contributed by atoms with Crippen LogP contribution in [-0.4, -0.2) is 18.0 Å². The van der Waals surface area contributed by atoms with Gasteiger partial charge in [-0.2, -0.15) is 13.2 Å². The molecule has 0 aromatic heterocycles. The Hall–Kier alpha value is -1.03. The van der Waals surface area contributed by atoms with Gasteiger partial charge in [0, 0.05) is 6.04 Å². The average Bonchev–Trinajstić information content (AvgIpc) is 2.83. The summed E-state index contributed by atoms with van der Waals surface area (Å²) < 4.78 is 39.0. The SMILES string of the molecule is CCC(c1ccccc1C(F)(F)F)N1CCCC1. The van der Waals surface area contributed by atoms with Crippen LogP contribution in [0.1, 0.15) is 43.4 Å². The van der Waals surface area contributed by atoms with Crippen LogP contribution in [0.25, 0.3) is 0 Å². The first-order valence-corrected chi connectivity index (χ1v) is 6.44. The number of hydrogen-bond donors (Lipinski definition) is 0. The van der Waals surface area contributed by atoms with E-state index < -0.39 is 11.7 Å². The second kappa shape index (κ2) is 5.31. The van der Waals surface area contributed by atoms with Crippen molar-refractivity contribution in [2.75, 3.05) is 13.1 Å². The first kappa shape index (κ1) is 13.4. The maximum Gasteiger partial charge on any atom is 0.416 e. The molecule has 0 N–H and O–H groups in total. The van der Waals surface area contributed by atoms with Crippen molar-refractivity contribution < 1.29 is 13.2 Å². The Kier molecular flexibility index (Phi) is 3.95. The number of alkyl halides is 3. The molecule has 4 heteroatoms. The number of hydrogen-bond acceptors (Lipinski definition) is 1. The predicted octanol–water partition coefficient (Wildman–Crippen LogP) is 4.25. The molecule has 2 rings (SSSR count). The van der Waals surface area contributed by atoms with E-state index in [1.165, 1.54) is 12.1 Å². The summed E-state index contributed by atoms with van der Waals surface area (Å²) in [4.78, 5) is 2.17. The molecule has 1 heterocycles. The summed E-state index contributed by atoms with van der Waals surface area (Å²) in [6.07, 6.45) is -1.37. The van der Waals surface area contributed by atoms with Crippen LogP contribution in [0.3, 0.4) is 0 Å². The van der Waals surface area contributed by atoms with E-state index in [2.05, 4.69) is 4.90 Å². The van der Waals surface area contributed by atoms with Gasteiger partial charge in [-0.1, -0.05) is 25.1 Å². The van der Waals surface area contributed by atoms with E-state index in [-0.39, 0.29) is 6.04 Å². The quantitative estimate of drug-likeness (QED) is 0.782. The summed E-state index contributed by atoms with van der Waals surface area (Å²) in [6, 6.07) is 5.86. The molecule has 0 bridgehead atoms. The Labute approximate surface area is 106 Å². The van der Waals surface area contributed by atoms with E-state index >= 15 is 0 Å². The monoisotopic (exact) mass is 257 g/mol. The fraction of sp³-hybridized carbons (Fsp3) is 0.571. The average molecular weight is 257 g/mol. The highest BCUT2D eigenvalue weighted by Gasteiger charge is 2.36. The van der Waals surface area contributed by atoms with E-state index in [9.17, 15) is 13.2 Å². The zero-order valence-electron chi connectivity index (χ0n) is 10.5. The van der Waals surface area contributed by atoms with Crippen molar-refractivity contribution in [3.63, 3.8) is 0 Å². The molecule has 1 saturated heterocycles. The predicted molar refractivity (Wildman–Crippen MR) is 65.3 cm³/mol. The highest BCUT2D eigenvalue weighted by atomic mass is 19.4. The summed E-state index contributed by atoms with van der Waals surface area (Å²) in [5, 5.41) is 0. The standard InChI is InChI=1S/C14H18F3N/c1-2-13(18-9-5-6-10-18)11-7-3-4-8-12(11)14(15,16)17/h3-4,7-8,13H,2,5-6,9-10H2,1H3. The van der Waals surface area contributed by atoms with Gasteiger partial charge in [0.2, 0.25) is 0 Å². The van der Waals surface area contributed by atoms with Crippen LogP contribution in [0, 0.1) is 0 Å². The lowest BCUT2D eigenvalue weighted by Gasteiger charge is -2.29. The van der Waals surface area contributed by atoms with Crippen molar-refractivity contribution >= 4 is 0 Å². The van der Waals surface area contributed by atoms with Gasteiger partial charge in [0.15, 0.2) is 0 Å². The summed E-state index contributed by atoms with van der Waals surface area (Å²) in [7, 11) is 0. The highest BCUT2D eigenvalue weighted by Crippen LogP contribution is 2.38. The zero-order valence-corrected chi connectivity index (χ0v) is 10.5. The number of halogens is 3. The molecule has 100 valence electrons. The van der Waals surface area contributed by atoms with Crippen LogP contribution >= 0.6 is 0 Å². The Morgan fingerprint density at radius 3 is 2.33 bits per heavy atom. The minimum atomic E-state index is -4.26. The van der Waals surface area contributed by atoms with Crippen LogP contribution < -0.4 is 0 Å². The van der Waals surface area contributed by atoms with Crippen molar-refractivity contribution in [2.24, 2.45) is 0 Å². The molecular weight excluding hydrogens is 239 g/mol. The van der Waals surface area contributed by atoms with Crippen molar-refractivity contribution in [1.29, 1.82) is 0 Å². The van der Waals surface area contributed by atoms with Gasteiger partial charge in [-0.15, -0.1) is 0 Å². The second-order valence-electron chi connectivity index (χ2n) is 4.75. The maximum atomic E-state index is 13.0. The summed E-state index contributed by atoms with van der Waals surface area (Å²) in [5.41, 5.74) is -0.0573. The smallest absolute Gasteiger partial charge is 0.296 e. The maximum absolute atomic E-state index is 13.0. The van der Waals surface area contributed by atoms with Gasteiger partial charge in [0.25, 0.3) is 0 Å². The number of nitrogens with zero attached hydrogens (tertiary/aromatic N) is 1. The fourth-order valence-electron chi connectivity index (χ4n) is 2.77. The lowest BCUT2D eigenvalue weighted by atomic mass is 9.97. The first-order chi connectivity index (χ1) is 8.54. The van der Waals surface area contributed by atoms with Crippen molar-refractivity contribution in [3.05, 3.63) is 35.4 Å². The van der Waals surface area contributed by atoms with Crippen molar-refractivity contribution in [3.8, 4) is 0 Å². The minimum absolute atomic E-state index is 0.106. The van der Waals surface area contributed by atoms with Crippen LogP contribution in [0.2, 0.25) is 0 Å². The van der Waals surface area contributed by atoms with Gasteiger partial charge >= 0.3 is 6.18 Å². The molecule has 1 fully saturated rings. The Bertz CT molecular complexity index is 394. The van der Waals surface area contributed by atoms with E-state index in [4.69, 9.17) is 0 Å².